The molecule has 0 fully saturated rings. The van der Waals surface area contributed by atoms with E-state index in [-0.39, 0.29) is 11.8 Å². The summed E-state index contributed by atoms with van der Waals surface area (Å²) in [6.07, 6.45) is 1.60. The van der Waals surface area contributed by atoms with Gasteiger partial charge >= 0.3 is 0 Å². The fourth-order valence-corrected chi connectivity index (χ4v) is 2.07. The van der Waals surface area contributed by atoms with Gasteiger partial charge in [-0.05, 0) is 38.5 Å². The SMILES string of the molecule is Cc1nn(C[C@H](C)C(=O)NCc2ccco2)c(C)c1C. The Bertz CT molecular complexity index is 585. The Labute approximate surface area is 119 Å². The Balaban J connectivity index is 1.92. The van der Waals surface area contributed by atoms with Gasteiger partial charge in [0.2, 0.25) is 5.91 Å². The van der Waals surface area contributed by atoms with Gasteiger partial charge in [-0.2, -0.15) is 5.10 Å². The molecule has 0 aliphatic rings. The molecule has 0 bridgehead atoms. The highest BCUT2D eigenvalue weighted by Gasteiger charge is 2.16. The molecule has 0 saturated heterocycles. The molecule has 5 heteroatoms. The second kappa shape index (κ2) is 5.94. The monoisotopic (exact) mass is 275 g/mol. The molecule has 0 aliphatic carbocycles. The van der Waals surface area contributed by atoms with Crippen LogP contribution in [-0.4, -0.2) is 15.7 Å². The van der Waals surface area contributed by atoms with Crippen molar-refractivity contribution in [3.8, 4) is 0 Å². The molecule has 0 aromatic carbocycles. The number of nitrogens with one attached hydrogen (secondary N) is 1. The summed E-state index contributed by atoms with van der Waals surface area (Å²) in [5.41, 5.74) is 3.33. The molecular weight excluding hydrogens is 254 g/mol. The molecule has 5 nitrogen and oxygen atoms in total. The summed E-state index contributed by atoms with van der Waals surface area (Å²) in [5.74, 6) is 0.626. The highest BCUT2D eigenvalue weighted by Crippen LogP contribution is 2.13. The van der Waals surface area contributed by atoms with Crippen LogP contribution in [0.2, 0.25) is 0 Å². The Kier molecular flexibility index (Phi) is 4.27. The smallest absolute Gasteiger partial charge is 0.225 e. The van der Waals surface area contributed by atoms with E-state index in [4.69, 9.17) is 4.42 Å². The predicted octanol–water partition coefficient (Wildman–Crippen LogP) is 2.35. The summed E-state index contributed by atoms with van der Waals surface area (Å²) in [6, 6.07) is 3.65. The maximum Gasteiger partial charge on any atom is 0.225 e. The molecular formula is C15H21N3O2. The summed E-state index contributed by atoms with van der Waals surface area (Å²) in [6.45, 7) is 8.99. The third-order valence-corrected chi connectivity index (χ3v) is 3.65. The van der Waals surface area contributed by atoms with E-state index < -0.39 is 0 Å². The van der Waals surface area contributed by atoms with E-state index in [1.807, 2.05) is 37.6 Å². The lowest BCUT2D eigenvalue weighted by Gasteiger charge is -2.13. The van der Waals surface area contributed by atoms with E-state index in [0.717, 1.165) is 17.1 Å². The molecule has 2 aromatic heterocycles. The molecule has 2 rings (SSSR count). The first-order valence-corrected chi connectivity index (χ1v) is 6.79. The van der Waals surface area contributed by atoms with Crippen molar-refractivity contribution < 1.29 is 9.21 Å². The lowest BCUT2D eigenvalue weighted by Crippen LogP contribution is -2.31. The van der Waals surface area contributed by atoms with Gasteiger partial charge in [0.15, 0.2) is 0 Å². The molecule has 2 aromatic rings. The molecule has 0 saturated carbocycles. The average molecular weight is 275 g/mol. The van der Waals surface area contributed by atoms with Crippen molar-refractivity contribution in [1.29, 1.82) is 0 Å². The zero-order valence-electron chi connectivity index (χ0n) is 12.4. The van der Waals surface area contributed by atoms with Crippen LogP contribution >= 0.6 is 0 Å². The van der Waals surface area contributed by atoms with Crippen molar-refractivity contribution in [3.05, 3.63) is 41.1 Å². The quantitative estimate of drug-likeness (QED) is 0.911. The van der Waals surface area contributed by atoms with Crippen LogP contribution in [-0.2, 0) is 17.9 Å². The average Bonchev–Trinajstić information content (AvgIpc) is 3.02. The molecule has 1 atom stereocenters. The van der Waals surface area contributed by atoms with Crippen LogP contribution in [0.4, 0.5) is 0 Å². The minimum Gasteiger partial charge on any atom is -0.467 e. The van der Waals surface area contributed by atoms with Crippen LogP contribution in [0.3, 0.4) is 0 Å². The number of aromatic nitrogens is 2. The van der Waals surface area contributed by atoms with E-state index in [1.165, 1.54) is 5.56 Å². The first-order chi connectivity index (χ1) is 9.49. The topological polar surface area (TPSA) is 60.1 Å². The highest BCUT2D eigenvalue weighted by molar-refractivity contribution is 5.78. The van der Waals surface area contributed by atoms with Crippen LogP contribution < -0.4 is 5.32 Å². The number of amides is 1. The van der Waals surface area contributed by atoms with Crippen molar-refractivity contribution >= 4 is 5.91 Å². The van der Waals surface area contributed by atoms with Gasteiger partial charge in [-0.3, -0.25) is 9.48 Å². The second-order valence-electron chi connectivity index (χ2n) is 5.18. The van der Waals surface area contributed by atoms with Gasteiger partial charge in [0, 0.05) is 5.69 Å². The van der Waals surface area contributed by atoms with Gasteiger partial charge in [-0.25, -0.2) is 0 Å². The molecule has 0 spiro atoms. The normalized spacial score (nSPS) is 12.4. The van der Waals surface area contributed by atoms with Crippen LogP contribution in [0.25, 0.3) is 0 Å². The van der Waals surface area contributed by atoms with E-state index >= 15 is 0 Å². The predicted molar refractivity (Wildman–Crippen MR) is 76.2 cm³/mol. The van der Waals surface area contributed by atoms with Crippen molar-refractivity contribution in [3.63, 3.8) is 0 Å². The van der Waals surface area contributed by atoms with Gasteiger partial charge < -0.3 is 9.73 Å². The molecule has 2 heterocycles. The van der Waals surface area contributed by atoms with Gasteiger partial charge in [-0.1, -0.05) is 6.92 Å². The van der Waals surface area contributed by atoms with Crippen LogP contribution in [0, 0.1) is 26.7 Å². The van der Waals surface area contributed by atoms with Gasteiger partial charge in [-0.15, -0.1) is 0 Å². The largest absolute Gasteiger partial charge is 0.467 e. The Morgan fingerprint density at radius 1 is 1.45 bits per heavy atom. The van der Waals surface area contributed by atoms with Crippen LogP contribution in [0.15, 0.2) is 22.8 Å². The zero-order valence-corrected chi connectivity index (χ0v) is 12.4. The van der Waals surface area contributed by atoms with E-state index in [0.29, 0.717) is 13.1 Å². The maximum atomic E-state index is 12.1. The molecule has 0 radical (unpaired) electrons. The fraction of sp³-hybridized carbons (Fsp3) is 0.467. The summed E-state index contributed by atoms with van der Waals surface area (Å²) in [4.78, 5) is 12.1. The molecule has 0 aliphatic heterocycles. The number of hydrogen-bond acceptors (Lipinski definition) is 3. The number of furan rings is 1. The second-order valence-corrected chi connectivity index (χ2v) is 5.18. The summed E-state index contributed by atoms with van der Waals surface area (Å²) < 4.78 is 7.09. The van der Waals surface area contributed by atoms with Crippen molar-refractivity contribution in [2.45, 2.75) is 40.8 Å². The molecule has 0 unspecified atom stereocenters. The van der Waals surface area contributed by atoms with E-state index in [1.54, 1.807) is 6.26 Å². The summed E-state index contributed by atoms with van der Waals surface area (Å²) >= 11 is 0. The third kappa shape index (κ3) is 3.10. The maximum absolute atomic E-state index is 12.1. The Morgan fingerprint density at radius 3 is 2.75 bits per heavy atom. The third-order valence-electron chi connectivity index (χ3n) is 3.65. The Morgan fingerprint density at radius 2 is 2.20 bits per heavy atom. The highest BCUT2D eigenvalue weighted by atomic mass is 16.3. The lowest BCUT2D eigenvalue weighted by atomic mass is 10.1. The number of hydrogen-bond donors (Lipinski definition) is 1. The summed E-state index contributed by atoms with van der Waals surface area (Å²) in [5, 5.41) is 7.33. The van der Waals surface area contributed by atoms with Gasteiger partial charge in [0.05, 0.1) is 31.0 Å². The first kappa shape index (κ1) is 14.4. The number of nitrogens with zero attached hydrogens (tertiary/aromatic N) is 2. The van der Waals surface area contributed by atoms with Crippen LogP contribution in [0.1, 0.15) is 29.6 Å². The standard InChI is InChI=1S/C15H21N3O2/c1-10(9-18-13(4)11(2)12(3)17-18)15(19)16-8-14-6-5-7-20-14/h5-7,10H,8-9H2,1-4H3,(H,16,19)/t10-/m0/s1. The van der Waals surface area contributed by atoms with Crippen molar-refractivity contribution in [2.75, 3.05) is 0 Å². The number of carbonyl (C=O) groups is 1. The van der Waals surface area contributed by atoms with Gasteiger partial charge in [0.1, 0.15) is 5.76 Å². The zero-order chi connectivity index (χ0) is 14.7. The Hall–Kier alpha value is -2.04. The molecule has 1 N–H and O–H groups in total. The molecule has 108 valence electrons. The lowest BCUT2D eigenvalue weighted by molar-refractivity contribution is -0.125. The molecule has 20 heavy (non-hydrogen) atoms. The van der Waals surface area contributed by atoms with E-state index in [9.17, 15) is 4.79 Å². The molecule has 1 amide bonds. The van der Waals surface area contributed by atoms with E-state index in [2.05, 4.69) is 17.3 Å². The first-order valence-electron chi connectivity index (χ1n) is 6.79. The van der Waals surface area contributed by atoms with Crippen LogP contribution in [0.5, 0.6) is 0 Å². The van der Waals surface area contributed by atoms with Gasteiger partial charge in [0.25, 0.3) is 0 Å². The minimum atomic E-state index is -0.137. The van der Waals surface area contributed by atoms with Crippen molar-refractivity contribution in [1.82, 2.24) is 15.1 Å². The van der Waals surface area contributed by atoms with Crippen molar-refractivity contribution in [2.24, 2.45) is 5.92 Å². The summed E-state index contributed by atoms with van der Waals surface area (Å²) in [7, 11) is 0. The number of rotatable bonds is 5. The fourth-order valence-electron chi connectivity index (χ4n) is 2.07. The number of carbonyl (C=O) groups excluding carboxylic acids is 1. The minimum absolute atomic E-state index is 0.00612. The number of aryl methyl sites for hydroxylation is 1.